The second kappa shape index (κ2) is 4.57. The first kappa shape index (κ1) is 10.4. The first-order valence-corrected chi connectivity index (χ1v) is 4.94. The topological polar surface area (TPSA) is 67.9 Å². The average Bonchev–Trinajstić information content (AvgIpc) is 2.30. The van der Waals surface area contributed by atoms with E-state index in [-0.39, 0.29) is 0 Å². The normalized spacial score (nSPS) is 10.1. The largest absolute Gasteiger partial charge is 0.368 e. The van der Waals surface area contributed by atoms with Gasteiger partial charge in [0, 0.05) is 32.2 Å². The Morgan fingerprint density at radius 3 is 2.62 bits per heavy atom. The molecule has 0 radical (unpaired) electrons. The summed E-state index contributed by atoms with van der Waals surface area (Å²) in [6.07, 6.45) is 5.20. The van der Waals surface area contributed by atoms with E-state index in [1.807, 2.05) is 30.1 Å². The predicted octanol–water partition coefficient (Wildman–Crippen LogP) is 1.09. The van der Waals surface area contributed by atoms with Gasteiger partial charge in [-0.05, 0) is 23.8 Å². The molecule has 5 heteroatoms. The van der Waals surface area contributed by atoms with Crippen LogP contribution in [0.2, 0.25) is 0 Å². The lowest BCUT2D eigenvalue weighted by molar-refractivity contribution is 0.891. The molecule has 0 unspecified atom stereocenters. The van der Waals surface area contributed by atoms with Crippen LogP contribution in [0.5, 0.6) is 0 Å². The second-order valence-electron chi connectivity index (χ2n) is 3.48. The Hall–Kier alpha value is -2.17. The van der Waals surface area contributed by atoms with Gasteiger partial charge in [-0.3, -0.25) is 4.98 Å². The Bertz CT molecular complexity index is 457. The third-order valence-corrected chi connectivity index (χ3v) is 2.22. The minimum Gasteiger partial charge on any atom is -0.368 e. The summed E-state index contributed by atoms with van der Waals surface area (Å²) in [5.41, 5.74) is 6.71. The Kier molecular flexibility index (Phi) is 2.95. The van der Waals surface area contributed by atoms with E-state index in [0.29, 0.717) is 5.95 Å². The van der Waals surface area contributed by atoms with Gasteiger partial charge in [0.15, 0.2) is 0 Å². The summed E-state index contributed by atoms with van der Waals surface area (Å²) in [6.45, 7) is 0.763. The maximum Gasteiger partial charge on any atom is 0.221 e. The molecule has 0 aliphatic rings. The van der Waals surface area contributed by atoms with Crippen LogP contribution in [0.15, 0.2) is 36.8 Å². The van der Waals surface area contributed by atoms with Gasteiger partial charge in [-0.25, -0.2) is 4.98 Å². The minimum atomic E-state index is 0.291. The van der Waals surface area contributed by atoms with Gasteiger partial charge in [0.2, 0.25) is 5.95 Å². The van der Waals surface area contributed by atoms with Gasteiger partial charge in [-0.1, -0.05) is 0 Å². The highest BCUT2D eigenvalue weighted by atomic mass is 15.2. The lowest BCUT2D eigenvalue weighted by Crippen LogP contribution is -2.18. The molecule has 0 aliphatic carbocycles. The Labute approximate surface area is 94.0 Å². The van der Waals surface area contributed by atoms with Crippen LogP contribution in [-0.2, 0) is 6.54 Å². The zero-order valence-electron chi connectivity index (χ0n) is 9.04. The standard InChI is InChI=1S/C11H13N5/c1-16(8-9-2-5-13-6-3-9)10-4-7-14-11(12)15-10/h2-7H,8H2,1H3,(H2,12,14,15). The van der Waals surface area contributed by atoms with Gasteiger partial charge in [-0.2, -0.15) is 4.98 Å². The molecule has 16 heavy (non-hydrogen) atoms. The molecule has 2 rings (SSSR count). The number of hydrogen-bond donors (Lipinski definition) is 1. The predicted molar refractivity (Wildman–Crippen MR) is 62.8 cm³/mol. The number of nitrogens with two attached hydrogens (primary N) is 1. The summed E-state index contributed by atoms with van der Waals surface area (Å²) in [5, 5.41) is 0. The van der Waals surface area contributed by atoms with E-state index in [1.54, 1.807) is 18.6 Å². The van der Waals surface area contributed by atoms with E-state index < -0.39 is 0 Å². The van der Waals surface area contributed by atoms with E-state index in [0.717, 1.165) is 12.4 Å². The van der Waals surface area contributed by atoms with Crippen LogP contribution in [0.1, 0.15) is 5.56 Å². The van der Waals surface area contributed by atoms with E-state index in [4.69, 9.17) is 5.73 Å². The number of pyridine rings is 1. The third-order valence-electron chi connectivity index (χ3n) is 2.22. The maximum atomic E-state index is 5.53. The molecule has 0 fully saturated rings. The van der Waals surface area contributed by atoms with Crippen molar-refractivity contribution in [1.82, 2.24) is 15.0 Å². The molecule has 5 nitrogen and oxygen atoms in total. The fraction of sp³-hybridized carbons (Fsp3) is 0.182. The number of hydrogen-bond acceptors (Lipinski definition) is 5. The molecular weight excluding hydrogens is 202 g/mol. The number of nitrogens with zero attached hydrogens (tertiary/aromatic N) is 4. The lowest BCUT2D eigenvalue weighted by Gasteiger charge is -2.17. The van der Waals surface area contributed by atoms with Crippen molar-refractivity contribution in [3.8, 4) is 0 Å². The van der Waals surface area contributed by atoms with Crippen molar-refractivity contribution in [1.29, 1.82) is 0 Å². The first-order valence-electron chi connectivity index (χ1n) is 4.94. The molecule has 0 bridgehead atoms. The van der Waals surface area contributed by atoms with Crippen molar-refractivity contribution < 1.29 is 0 Å². The van der Waals surface area contributed by atoms with E-state index >= 15 is 0 Å². The molecule has 0 aliphatic heterocycles. The van der Waals surface area contributed by atoms with Crippen LogP contribution >= 0.6 is 0 Å². The molecule has 0 amide bonds. The first-order chi connectivity index (χ1) is 7.75. The van der Waals surface area contributed by atoms with Crippen LogP contribution in [0.25, 0.3) is 0 Å². The van der Waals surface area contributed by atoms with Gasteiger partial charge in [0.25, 0.3) is 0 Å². The summed E-state index contributed by atoms with van der Waals surface area (Å²) in [7, 11) is 1.96. The van der Waals surface area contributed by atoms with Crippen molar-refractivity contribution in [2.24, 2.45) is 0 Å². The smallest absolute Gasteiger partial charge is 0.221 e. The molecule has 2 heterocycles. The molecule has 0 aromatic carbocycles. The molecule has 2 aromatic heterocycles. The van der Waals surface area contributed by atoms with Crippen LogP contribution in [-0.4, -0.2) is 22.0 Å². The third kappa shape index (κ3) is 2.44. The van der Waals surface area contributed by atoms with Gasteiger partial charge in [0.05, 0.1) is 0 Å². The zero-order valence-corrected chi connectivity index (χ0v) is 9.04. The second-order valence-corrected chi connectivity index (χ2v) is 3.48. The highest BCUT2D eigenvalue weighted by Gasteiger charge is 2.03. The summed E-state index contributed by atoms with van der Waals surface area (Å²) in [6, 6.07) is 5.78. The molecule has 82 valence electrons. The Balaban J connectivity index is 2.12. The summed E-state index contributed by atoms with van der Waals surface area (Å²) in [5.74, 6) is 1.10. The zero-order chi connectivity index (χ0) is 11.4. The van der Waals surface area contributed by atoms with Gasteiger partial charge in [-0.15, -0.1) is 0 Å². The van der Waals surface area contributed by atoms with Gasteiger partial charge < -0.3 is 10.6 Å². The molecule has 0 saturated heterocycles. The van der Waals surface area contributed by atoms with E-state index in [2.05, 4.69) is 15.0 Å². The summed E-state index contributed by atoms with van der Waals surface area (Å²) < 4.78 is 0. The van der Waals surface area contributed by atoms with Crippen LogP contribution in [0.4, 0.5) is 11.8 Å². The minimum absolute atomic E-state index is 0.291. The van der Waals surface area contributed by atoms with Crippen LogP contribution in [0.3, 0.4) is 0 Å². The number of nitrogen functional groups attached to an aromatic ring is 1. The number of aromatic nitrogens is 3. The lowest BCUT2D eigenvalue weighted by atomic mass is 10.2. The summed E-state index contributed by atoms with van der Waals surface area (Å²) in [4.78, 5) is 14.0. The highest BCUT2D eigenvalue weighted by molar-refractivity contribution is 5.40. The van der Waals surface area contributed by atoms with E-state index in [9.17, 15) is 0 Å². The van der Waals surface area contributed by atoms with Gasteiger partial charge >= 0.3 is 0 Å². The van der Waals surface area contributed by atoms with Crippen LogP contribution in [0, 0.1) is 0 Å². The summed E-state index contributed by atoms with van der Waals surface area (Å²) >= 11 is 0. The highest BCUT2D eigenvalue weighted by Crippen LogP contribution is 2.11. The van der Waals surface area contributed by atoms with Crippen molar-refractivity contribution in [2.75, 3.05) is 17.7 Å². The van der Waals surface area contributed by atoms with Crippen molar-refractivity contribution in [3.05, 3.63) is 42.4 Å². The molecular formula is C11H13N5. The average molecular weight is 215 g/mol. The van der Waals surface area contributed by atoms with E-state index in [1.165, 1.54) is 5.56 Å². The Morgan fingerprint density at radius 1 is 1.19 bits per heavy atom. The molecule has 2 N–H and O–H groups in total. The molecule has 0 spiro atoms. The van der Waals surface area contributed by atoms with Crippen LogP contribution < -0.4 is 10.6 Å². The molecule has 0 atom stereocenters. The SMILES string of the molecule is CN(Cc1ccncc1)c1ccnc(N)n1. The van der Waals surface area contributed by atoms with Crippen molar-refractivity contribution >= 4 is 11.8 Å². The molecule has 0 saturated carbocycles. The van der Waals surface area contributed by atoms with Gasteiger partial charge in [0.1, 0.15) is 5.82 Å². The number of rotatable bonds is 3. The quantitative estimate of drug-likeness (QED) is 0.830. The maximum absolute atomic E-state index is 5.53. The molecule has 2 aromatic rings. The number of anilines is 2. The van der Waals surface area contributed by atoms with Crippen molar-refractivity contribution in [3.63, 3.8) is 0 Å². The monoisotopic (exact) mass is 215 g/mol. The fourth-order valence-corrected chi connectivity index (χ4v) is 1.42. The van der Waals surface area contributed by atoms with Crippen molar-refractivity contribution in [2.45, 2.75) is 6.54 Å². The fourth-order valence-electron chi connectivity index (χ4n) is 1.42. The Morgan fingerprint density at radius 2 is 1.94 bits per heavy atom.